The highest BCUT2D eigenvalue weighted by atomic mass is 16.5. The van der Waals surface area contributed by atoms with E-state index in [9.17, 15) is 5.26 Å². The monoisotopic (exact) mass is 241 g/mol. The van der Waals surface area contributed by atoms with Gasteiger partial charge in [0.15, 0.2) is 0 Å². The molecule has 0 saturated carbocycles. The van der Waals surface area contributed by atoms with Gasteiger partial charge in [-0.3, -0.25) is 0 Å². The van der Waals surface area contributed by atoms with Crippen molar-refractivity contribution in [1.82, 2.24) is 9.61 Å². The van der Waals surface area contributed by atoms with Crippen molar-refractivity contribution < 1.29 is 4.74 Å². The fourth-order valence-electron chi connectivity index (χ4n) is 2.58. The maximum Gasteiger partial charge on any atom is 0.0880 e. The van der Waals surface area contributed by atoms with Crippen LogP contribution in [0.25, 0.3) is 5.52 Å². The maximum absolute atomic E-state index is 9.54. The zero-order valence-corrected chi connectivity index (χ0v) is 10.4. The Hall–Kier alpha value is -1.86. The van der Waals surface area contributed by atoms with Crippen molar-refractivity contribution in [3.8, 4) is 6.07 Å². The molecule has 0 aromatic carbocycles. The summed E-state index contributed by atoms with van der Waals surface area (Å²) < 4.78 is 7.23. The van der Waals surface area contributed by atoms with Crippen LogP contribution in [0.3, 0.4) is 0 Å². The molecule has 0 radical (unpaired) electrons. The summed E-state index contributed by atoms with van der Waals surface area (Å²) in [5.41, 5.74) is 2.88. The van der Waals surface area contributed by atoms with E-state index in [1.54, 1.807) is 0 Å². The van der Waals surface area contributed by atoms with Crippen LogP contribution in [0.4, 0.5) is 0 Å². The number of aryl methyl sites for hydroxylation is 1. The maximum atomic E-state index is 9.54. The van der Waals surface area contributed by atoms with E-state index in [2.05, 4.69) is 17.2 Å². The minimum Gasteiger partial charge on any atom is -0.381 e. The first kappa shape index (κ1) is 11.2. The van der Waals surface area contributed by atoms with Gasteiger partial charge in [0.1, 0.15) is 0 Å². The van der Waals surface area contributed by atoms with Gasteiger partial charge < -0.3 is 4.74 Å². The van der Waals surface area contributed by atoms with Crippen LogP contribution in [0.1, 0.15) is 24.0 Å². The van der Waals surface area contributed by atoms with E-state index in [1.165, 1.54) is 0 Å². The Morgan fingerprint density at radius 2 is 2.17 bits per heavy atom. The summed E-state index contributed by atoms with van der Waals surface area (Å²) in [5.74, 6) is 0. The first-order valence-electron chi connectivity index (χ1n) is 6.19. The fraction of sp³-hybridized carbons (Fsp3) is 0.429. The fourth-order valence-corrected chi connectivity index (χ4v) is 2.58. The van der Waals surface area contributed by atoms with Gasteiger partial charge in [-0.15, -0.1) is 0 Å². The summed E-state index contributed by atoms with van der Waals surface area (Å²) in [6, 6.07) is 6.59. The van der Waals surface area contributed by atoms with Gasteiger partial charge in [-0.05, 0) is 37.0 Å². The average Bonchev–Trinajstić information content (AvgIpc) is 2.81. The van der Waals surface area contributed by atoms with Crippen LogP contribution in [-0.4, -0.2) is 22.8 Å². The zero-order chi connectivity index (χ0) is 12.6. The first-order valence-corrected chi connectivity index (χ1v) is 6.19. The number of fused-ring (bicyclic) bond motifs is 1. The second-order valence-electron chi connectivity index (χ2n) is 4.88. The van der Waals surface area contributed by atoms with Gasteiger partial charge in [0.2, 0.25) is 0 Å². The largest absolute Gasteiger partial charge is 0.381 e. The number of rotatable bonds is 1. The van der Waals surface area contributed by atoms with Gasteiger partial charge in [0, 0.05) is 19.4 Å². The van der Waals surface area contributed by atoms with Crippen LogP contribution < -0.4 is 0 Å². The molecule has 0 bridgehead atoms. The molecule has 4 heteroatoms. The summed E-state index contributed by atoms with van der Waals surface area (Å²) in [7, 11) is 0. The van der Waals surface area contributed by atoms with Gasteiger partial charge in [-0.1, -0.05) is 6.07 Å². The van der Waals surface area contributed by atoms with Crippen molar-refractivity contribution in [2.75, 3.05) is 13.2 Å². The van der Waals surface area contributed by atoms with Crippen LogP contribution in [-0.2, 0) is 10.2 Å². The van der Waals surface area contributed by atoms with Crippen LogP contribution in [0.2, 0.25) is 0 Å². The van der Waals surface area contributed by atoms with E-state index in [0.717, 1.165) is 29.5 Å². The number of hydrogen-bond donors (Lipinski definition) is 0. The van der Waals surface area contributed by atoms with E-state index in [1.807, 2.05) is 29.9 Å². The highest BCUT2D eigenvalue weighted by Gasteiger charge is 2.35. The number of ether oxygens (including phenoxy) is 1. The third-order valence-corrected chi connectivity index (χ3v) is 3.82. The van der Waals surface area contributed by atoms with Crippen molar-refractivity contribution in [2.24, 2.45) is 0 Å². The summed E-state index contributed by atoms with van der Waals surface area (Å²) in [6.45, 7) is 3.35. The lowest BCUT2D eigenvalue weighted by Gasteiger charge is -2.30. The predicted molar refractivity (Wildman–Crippen MR) is 67.3 cm³/mol. The van der Waals surface area contributed by atoms with Gasteiger partial charge in [-0.25, -0.2) is 4.52 Å². The number of pyridine rings is 1. The molecule has 0 spiro atoms. The van der Waals surface area contributed by atoms with E-state index < -0.39 is 5.41 Å². The molecule has 1 aliphatic heterocycles. The molecular weight excluding hydrogens is 226 g/mol. The van der Waals surface area contributed by atoms with Crippen LogP contribution in [0, 0.1) is 18.3 Å². The third kappa shape index (κ3) is 1.59. The molecule has 0 atom stereocenters. The molecule has 0 N–H and O–H groups in total. The smallest absolute Gasteiger partial charge is 0.0880 e. The Bertz CT molecular complexity index is 617. The van der Waals surface area contributed by atoms with Crippen molar-refractivity contribution in [1.29, 1.82) is 5.26 Å². The SMILES string of the molecule is Cc1cnn2cc(C3(C#N)CCOCC3)ccc12. The van der Waals surface area contributed by atoms with Crippen LogP contribution in [0.5, 0.6) is 0 Å². The molecule has 0 aliphatic carbocycles. The molecule has 3 rings (SSSR count). The average molecular weight is 241 g/mol. The molecule has 1 fully saturated rings. The zero-order valence-electron chi connectivity index (χ0n) is 10.4. The summed E-state index contributed by atoms with van der Waals surface area (Å²) in [4.78, 5) is 0. The molecule has 2 aromatic heterocycles. The number of nitriles is 1. The van der Waals surface area contributed by atoms with Crippen LogP contribution >= 0.6 is 0 Å². The molecule has 92 valence electrons. The van der Waals surface area contributed by atoms with Crippen molar-refractivity contribution in [3.63, 3.8) is 0 Å². The lowest BCUT2D eigenvalue weighted by Crippen LogP contribution is -2.32. The highest BCUT2D eigenvalue weighted by molar-refractivity contribution is 5.54. The number of hydrogen-bond acceptors (Lipinski definition) is 3. The minimum absolute atomic E-state index is 0.410. The van der Waals surface area contributed by atoms with Gasteiger partial charge >= 0.3 is 0 Å². The summed E-state index contributed by atoms with van der Waals surface area (Å²) >= 11 is 0. The van der Waals surface area contributed by atoms with Crippen molar-refractivity contribution in [2.45, 2.75) is 25.2 Å². The third-order valence-electron chi connectivity index (χ3n) is 3.82. The molecule has 18 heavy (non-hydrogen) atoms. The molecule has 0 unspecified atom stereocenters. The number of nitrogens with zero attached hydrogens (tertiary/aromatic N) is 3. The lowest BCUT2D eigenvalue weighted by atomic mass is 9.76. The Kier molecular flexibility index (Phi) is 2.57. The van der Waals surface area contributed by atoms with Gasteiger partial charge in [-0.2, -0.15) is 10.4 Å². The molecule has 0 amide bonds. The topological polar surface area (TPSA) is 50.3 Å². The second kappa shape index (κ2) is 4.11. The molecule has 2 aromatic rings. The quantitative estimate of drug-likeness (QED) is 0.769. The molecule has 1 saturated heterocycles. The second-order valence-corrected chi connectivity index (χ2v) is 4.88. The van der Waals surface area contributed by atoms with E-state index in [0.29, 0.717) is 13.2 Å². The molecule has 1 aliphatic rings. The lowest BCUT2D eigenvalue weighted by molar-refractivity contribution is 0.0674. The Balaban J connectivity index is 2.10. The van der Waals surface area contributed by atoms with Gasteiger partial charge in [0.25, 0.3) is 0 Å². The van der Waals surface area contributed by atoms with Gasteiger partial charge in [0.05, 0.1) is 23.2 Å². The summed E-state index contributed by atoms with van der Waals surface area (Å²) in [6.07, 6.45) is 5.35. The van der Waals surface area contributed by atoms with Crippen molar-refractivity contribution in [3.05, 3.63) is 35.7 Å². The Morgan fingerprint density at radius 3 is 2.89 bits per heavy atom. The minimum atomic E-state index is -0.410. The molecular formula is C14H15N3O. The van der Waals surface area contributed by atoms with Crippen molar-refractivity contribution >= 4 is 5.52 Å². The normalized spacial score (nSPS) is 18.7. The van der Waals surface area contributed by atoms with Crippen LogP contribution in [0.15, 0.2) is 24.5 Å². The predicted octanol–water partition coefficient (Wildman–Crippen LogP) is 2.21. The standard InChI is InChI=1S/C14H15N3O/c1-11-8-16-17-9-12(2-3-13(11)17)14(10-15)4-6-18-7-5-14/h2-3,8-9H,4-7H2,1H3. The molecule has 3 heterocycles. The Morgan fingerprint density at radius 1 is 1.39 bits per heavy atom. The van der Waals surface area contributed by atoms with E-state index in [-0.39, 0.29) is 0 Å². The number of aromatic nitrogens is 2. The molecule has 4 nitrogen and oxygen atoms in total. The van der Waals surface area contributed by atoms with E-state index >= 15 is 0 Å². The highest BCUT2D eigenvalue weighted by Crippen LogP contribution is 2.34. The Labute approximate surface area is 106 Å². The first-order chi connectivity index (χ1) is 8.75. The summed E-state index contributed by atoms with van der Waals surface area (Å²) in [5, 5.41) is 13.9. The van der Waals surface area contributed by atoms with E-state index in [4.69, 9.17) is 4.74 Å².